The Bertz CT molecular complexity index is 568. The number of nitrogen functional groups attached to an aromatic ring is 1. The summed E-state index contributed by atoms with van der Waals surface area (Å²) >= 11 is 0. The van der Waals surface area contributed by atoms with Gasteiger partial charge in [-0.25, -0.2) is 4.39 Å². The largest absolute Gasteiger partial charge is 0.486 e. The Hall–Kier alpha value is -2.24. The van der Waals surface area contributed by atoms with Gasteiger partial charge in [0.25, 0.3) is 0 Å². The number of nitrogens with two attached hydrogens (primary N) is 1. The second-order valence-electron chi connectivity index (χ2n) is 3.67. The third-order valence-electron chi connectivity index (χ3n) is 2.59. The van der Waals surface area contributed by atoms with Crippen LogP contribution in [0.15, 0.2) is 18.3 Å². The van der Waals surface area contributed by atoms with Crippen molar-refractivity contribution in [1.29, 1.82) is 0 Å². The summed E-state index contributed by atoms with van der Waals surface area (Å²) in [6.07, 6.45) is 1.48. The molecular weight excluding hydrogens is 225 g/mol. The lowest BCUT2D eigenvalue weighted by Crippen LogP contribution is -2.15. The number of hydrogen-bond donors (Lipinski definition) is 2. The summed E-state index contributed by atoms with van der Waals surface area (Å²) in [5, 5.41) is 6.33. The fourth-order valence-electron chi connectivity index (χ4n) is 1.78. The van der Waals surface area contributed by atoms with Gasteiger partial charge in [-0.2, -0.15) is 5.10 Å². The van der Waals surface area contributed by atoms with Crippen LogP contribution in [0.4, 0.5) is 10.2 Å². The van der Waals surface area contributed by atoms with Crippen molar-refractivity contribution >= 4 is 5.82 Å². The minimum Gasteiger partial charge on any atom is -0.486 e. The number of fused-ring (bicyclic) bond motifs is 1. The minimum atomic E-state index is -0.414. The molecule has 3 N–H and O–H groups in total. The topological polar surface area (TPSA) is 73.2 Å². The Morgan fingerprint density at radius 1 is 1.18 bits per heavy atom. The van der Waals surface area contributed by atoms with Crippen molar-refractivity contribution in [1.82, 2.24) is 10.2 Å². The van der Waals surface area contributed by atoms with Crippen LogP contribution < -0.4 is 15.2 Å². The lowest BCUT2D eigenvalue weighted by Gasteiger charge is -2.19. The van der Waals surface area contributed by atoms with Crippen LogP contribution >= 0.6 is 0 Å². The maximum absolute atomic E-state index is 13.9. The molecule has 6 heteroatoms. The van der Waals surface area contributed by atoms with Crippen LogP contribution in [0.2, 0.25) is 0 Å². The van der Waals surface area contributed by atoms with Gasteiger partial charge < -0.3 is 15.2 Å². The molecule has 0 aliphatic carbocycles. The molecular formula is C11H10FN3O2. The Labute approximate surface area is 96.3 Å². The van der Waals surface area contributed by atoms with E-state index >= 15 is 0 Å². The fraction of sp³-hybridized carbons (Fsp3) is 0.182. The number of ether oxygens (including phenoxy) is 2. The van der Waals surface area contributed by atoms with Crippen LogP contribution in [0, 0.1) is 5.82 Å². The predicted octanol–water partition coefficient (Wildman–Crippen LogP) is 1.57. The summed E-state index contributed by atoms with van der Waals surface area (Å²) in [7, 11) is 0. The lowest BCUT2D eigenvalue weighted by molar-refractivity contribution is 0.171. The highest BCUT2D eigenvalue weighted by Gasteiger charge is 2.18. The second-order valence-corrected chi connectivity index (χ2v) is 3.67. The zero-order chi connectivity index (χ0) is 11.8. The highest BCUT2D eigenvalue weighted by molar-refractivity contribution is 5.75. The van der Waals surface area contributed by atoms with Crippen molar-refractivity contribution in [3.05, 3.63) is 24.1 Å². The van der Waals surface area contributed by atoms with Gasteiger partial charge in [-0.1, -0.05) is 0 Å². The van der Waals surface area contributed by atoms with E-state index < -0.39 is 5.82 Å². The predicted molar refractivity (Wildman–Crippen MR) is 59.4 cm³/mol. The average Bonchev–Trinajstić information content (AvgIpc) is 2.74. The summed E-state index contributed by atoms with van der Waals surface area (Å²) in [5.74, 6) is 0.843. The van der Waals surface area contributed by atoms with E-state index in [1.54, 1.807) is 6.07 Å². The first-order chi connectivity index (χ1) is 8.25. The Balaban J connectivity index is 2.15. The summed E-state index contributed by atoms with van der Waals surface area (Å²) in [5.41, 5.74) is 6.52. The van der Waals surface area contributed by atoms with E-state index in [0.717, 1.165) is 0 Å². The van der Waals surface area contributed by atoms with Gasteiger partial charge in [0.2, 0.25) is 0 Å². The third-order valence-corrected chi connectivity index (χ3v) is 2.59. The van der Waals surface area contributed by atoms with Crippen LogP contribution in [0.1, 0.15) is 0 Å². The monoisotopic (exact) mass is 235 g/mol. The van der Waals surface area contributed by atoms with Crippen LogP contribution in [0.3, 0.4) is 0 Å². The van der Waals surface area contributed by atoms with Gasteiger partial charge in [-0.15, -0.1) is 0 Å². The van der Waals surface area contributed by atoms with Crippen LogP contribution in [0.5, 0.6) is 11.5 Å². The van der Waals surface area contributed by atoms with E-state index in [2.05, 4.69) is 10.2 Å². The number of anilines is 1. The minimum absolute atomic E-state index is 0.320. The number of rotatable bonds is 1. The van der Waals surface area contributed by atoms with Crippen LogP contribution in [-0.2, 0) is 0 Å². The zero-order valence-corrected chi connectivity index (χ0v) is 8.87. The van der Waals surface area contributed by atoms with E-state index in [9.17, 15) is 4.39 Å². The van der Waals surface area contributed by atoms with Crippen LogP contribution in [-0.4, -0.2) is 23.4 Å². The Morgan fingerprint density at radius 2 is 1.88 bits per heavy atom. The first-order valence-corrected chi connectivity index (χ1v) is 5.14. The first-order valence-electron chi connectivity index (χ1n) is 5.14. The fourth-order valence-corrected chi connectivity index (χ4v) is 1.78. The molecule has 3 rings (SSSR count). The maximum atomic E-state index is 13.9. The van der Waals surface area contributed by atoms with Crippen molar-refractivity contribution in [3.63, 3.8) is 0 Å². The number of aromatic amines is 1. The highest BCUT2D eigenvalue weighted by Crippen LogP contribution is 2.37. The molecule has 0 bridgehead atoms. The summed E-state index contributed by atoms with van der Waals surface area (Å²) in [6, 6.07) is 2.88. The molecule has 0 fully saturated rings. The third kappa shape index (κ3) is 1.57. The lowest BCUT2D eigenvalue weighted by atomic mass is 10.1. The van der Waals surface area contributed by atoms with Gasteiger partial charge in [0.1, 0.15) is 24.8 Å². The number of nitrogens with one attached hydrogen (secondary N) is 1. The number of nitrogens with zero attached hydrogens (tertiary/aromatic N) is 1. The molecule has 88 valence electrons. The first kappa shape index (κ1) is 9.95. The quantitative estimate of drug-likeness (QED) is 0.786. The average molecular weight is 235 g/mol. The molecule has 1 aromatic heterocycles. The molecule has 0 unspecified atom stereocenters. The number of halogens is 1. The molecule has 2 heterocycles. The standard InChI is InChI=1S/C11H10FN3O2/c12-8-4-10-9(16-1-2-17-10)3-6(8)7-5-14-15-11(7)13/h3-5H,1-2H2,(H3,13,14,15). The Kier molecular flexibility index (Phi) is 2.14. The SMILES string of the molecule is Nc1[nH]ncc1-c1cc2c(cc1F)OCCO2. The molecule has 5 nitrogen and oxygen atoms in total. The summed E-state index contributed by atoms with van der Waals surface area (Å²) < 4.78 is 24.6. The van der Waals surface area contributed by atoms with E-state index in [0.29, 0.717) is 41.7 Å². The number of benzene rings is 1. The van der Waals surface area contributed by atoms with Gasteiger partial charge in [-0.3, -0.25) is 5.10 Å². The van der Waals surface area contributed by atoms with Gasteiger partial charge in [-0.05, 0) is 6.07 Å². The molecule has 1 aliphatic heterocycles. The zero-order valence-electron chi connectivity index (χ0n) is 8.87. The second kappa shape index (κ2) is 3.65. The molecule has 1 aliphatic rings. The normalized spacial score (nSPS) is 13.7. The van der Waals surface area contributed by atoms with Crippen molar-refractivity contribution in [3.8, 4) is 22.6 Å². The van der Waals surface area contributed by atoms with Crippen molar-refractivity contribution in [2.24, 2.45) is 0 Å². The highest BCUT2D eigenvalue weighted by atomic mass is 19.1. The molecule has 0 saturated heterocycles. The van der Waals surface area contributed by atoms with Gasteiger partial charge >= 0.3 is 0 Å². The van der Waals surface area contributed by atoms with E-state index in [4.69, 9.17) is 15.2 Å². The molecule has 1 aromatic carbocycles. The molecule has 0 amide bonds. The van der Waals surface area contributed by atoms with Crippen molar-refractivity contribution < 1.29 is 13.9 Å². The molecule has 17 heavy (non-hydrogen) atoms. The Morgan fingerprint density at radius 3 is 2.53 bits per heavy atom. The number of hydrogen-bond acceptors (Lipinski definition) is 4. The van der Waals surface area contributed by atoms with E-state index in [-0.39, 0.29) is 0 Å². The number of H-pyrrole nitrogens is 1. The summed E-state index contributed by atoms with van der Waals surface area (Å²) in [6.45, 7) is 0.887. The van der Waals surface area contributed by atoms with E-state index in [1.807, 2.05) is 0 Å². The molecule has 0 radical (unpaired) electrons. The smallest absolute Gasteiger partial charge is 0.164 e. The van der Waals surface area contributed by atoms with Gasteiger partial charge in [0.15, 0.2) is 11.5 Å². The van der Waals surface area contributed by atoms with Crippen molar-refractivity contribution in [2.75, 3.05) is 18.9 Å². The summed E-state index contributed by atoms with van der Waals surface area (Å²) in [4.78, 5) is 0. The maximum Gasteiger partial charge on any atom is 0.164 e. The molecule has 0 atom stereocenters. The molecule has 0 saturated carbocycles. The van der Waals surface area contributed by atoms with Crippen molar-refractivity contribution in [2.45, 2.75) is 0 Å². The molecule has 0 spiro atoms. The van der Waals surface area contributed by atoms with Gasteiger partial charge in [0, 0.05) is 17.2 Å². The molecule has 2 aromatic rings. The van der Waals surface area contributed by atoms with Crippen LogP contribution in [0.25, 0.3) is 11.1 Å². The van der Waals surface area contributed by atoms with E-state index in [1.165, 1.54) is 12.3 Å². The number of aromatic nitrogens is 2. The van der Waals surface area contributed by atoms with Gasteiger partial charge in [0.05, 0.1) is 6.20 Å².